The summed E-state index contributed by atoms with van der Waals surface area (Å²) >= 11 is 0. The van der Waals surface area contributed by atoms with Crippen molar-refractivity contribution in [3.8, 4) is 0 Å². The molecule has 0 aliphatic carbocycles. The first-order valence-corrected chi connectivity index (χ1v) is 33.1. The first-order chi connectivity index (χ1) is 39.3. The predicted molar refractivity (Wildman–Crippen MR) is 326 cm³/mol. The molecule has 3 fully saturated rings. The van der Waals surface area contributed by atoms with Crippen molar-refractivity contribution in [2.24, 2.45) is 11.8 Å². The Bertz CT molecular complexity index is 3190. The van der Waals surface area contributed by atoms with Gasteiger partial charge in [0.25, 0.3) is 0 Å². The number of fused-ring (bicyclic) bond motifs is 4. The van der Waals surface area contributed by atoms with Crippen LogP contribution in [0.1, 0.15) is 115 Å². The minimum absolute atomic E-state index is 0.00444. The molecular weight excluding hydrogens is 1020 g/mol. The van der Waals surface area contributed by atoms with Crippen LogP contribution in [0.15, 0.2) is 170 Å². The van der Waals surface area contributed by atoms with Gasteiger partial charge in [0.15, 0.2) is 14.6 Å². The van der Waals surface area contributed by atoms with E-state index in [9.17, 15) is 0 Å². The van der Waals surface area contributed by atoms with E-state index in [1.807, 2.05) is 18.2 Å². The highest BCUT2D eigenvalue weighted by molar-refractivity contribution is 6.74. The number of rotatable bonds is 21. The minimum Gasteiger partial charge on any atom is -0.490 e. The maximum Gasteiger partial charge on any atom is 0.192 e. The number of hydrogen-bond donors (Lipinski definition) is 0. The molecule has 7 aromatic rings. The van der Waals surface area contributed by atoms with Gasteiger partial charge in [0.2, 0.25) is 0 Å². The fourth-order valence-corrected chi connectivity index (χ4v) is 13.9. The van der Waals surface area contributed by atoms with Gasteiger partial charge in [-0.15, -0.1) is 0 Å². The highest BCUT2D eigenvalue weighted by Gasteiger charge is 2.46. The average molecular weight is 1110 g/mol. The highest BCUT2D eigenvalue weighted by Crippen LogP contribution is 2.43. The van der Waals surface area contributed by atoms with Crippen molar-refractivity contribution in [3.05, 3.63) is 192 Å². The second-order valence-corrected chi connectivity index (χ2v) is 30.0. The Hall–Kier alpha value is -5.24. The third kappa shape index (κ3) is 14.6. The molecule has 0 amide bonds. The molecule has 0 N–H and O–H groups in total. The second kappa shape index (κ2) is 26.1. The highest BCUT2D eigenvalue weighted by atomic mass is 28.4. The van der Waals surface area contributed by atoms with Crippen LogP contribution < -0.4 is 0 Å². The SMILES string of the molecule is C[C@@H]1C[C@@H](C[C@H](C[C@H]2O[C@@H](CC3=CC[C@H]4O[C@@H](c5ccccc5)OC[C@@H]4O3)[C@H](O[Si](C)(C)C(C)(C)C)CC[C@@H]2OCc2ccc3ccccc3c2)OCc2ccc3ccccc3c2)O[C@@H]1[C@@H](C)CCOCc1ccc2ccccc2c1. The molecule has 9 nitrogen and oxygen atoms in total. The zero-order chi connectivity index (χ0) is 55.9. The van der Waals surface area contributed by atoms with E-state index in [-0.39, 0.29) is 60.0 Å². The first-order valence-electron chi connectivity index (χ1n) is 30.2. The van der Waals surface area contributed by atoms with Crippen LogP contribution in [0.25, 0.3) is 32.3 Å². The molecule has 11 rings (SSSR count). The molecule has 81 heavy (non-hydrogen) atoms. The summed E-state index contributed by atoms with van der Waals surface area (Å²) < 4.78 is 62.8. The van der Waals surface area contributed by atoms with Crippen LogP contribution in [-0.2, 0) is 62.1 Å². The molecule has 12 atom stereocenters. The topological polar surface area (TPSA) is 83.1 Å². The van der Waals surface area contributed by atoms with Crippen molar-refractivity contribution in [1.29, 1.82) is 0 Å². The van der Waals surface area contributed by atoms with Gasteiger partial charge in [0.05, 0.1) is 74.9 Å². The van der Waals surface area contributed by atoms with Gasteiger partial charge in [-0.3, -0.25) is 0 Å². The fraction of sp³-hybridized carbons (Fsp3) is 0.465. The van der Waals surface area contributed by atoms with Crippen LogP contribution in [0.4, 0.5) is 0 Å². The molecule has 7 aromatic carbocycles. The van der Waals surface area contributed by atoms with Gasteiger partial charge in [-0.2, -0.15) is 0 Å². The van der Waals surface area contributed by atoms with E-state index in [0.717, 1.165) is 61.0 Å². The molecule has 4 aliphatic rings. The number of ether oxygens (including phenoxy) is 8. The van der Waals surface area contributed by atoms with Gasteiger partial charge in [0, 0.05) is 25.0 Å². The van der Waals surface area contributed by atoms with Crippen LogP contribution in [0.5, 0.6) is 0 Å². The molecule has 0 aromatic heterocycles. The summed E-state index contributed by atoms with van der Waals surface area (Å²) in [6.45, 7) is 19.0. The summed E-state index contributed by atoms with van der Waals surface area (Å²) in [5.74, 6) is 1.63. The van der Waals surface area contributed by atoms with Crippen molar-refractivity contribution >= 4 is 40.6 Å². The normalized spacial score (nSPS) is 26.2. The molecule has 10 heteroatoms. The standard InChI is InChI=1S/C71H86O9Si/c1-48(35-36-72-44-50-25-28-53-17-11-14-22-57(53)38-50)69-49(2)37-62(77-69)41-61(73-45-51-26-29-54-18-12-15-23-58(54)39-51)43-66-63(74-46-52-27-30-55-19-13-16-24-59(55)40-52)33-34-65(80-81(6,7)71(3,4)5)67(78-66)42-60-31-32-64-68(76-60)47-75-70(79-64)56-20-9-8-10-21-56/h8-31,38-40,48-49,61-70H,32-37,41-47H2,1-7H3/t48-,49+,61+,62-,63-,64+,65+,66+,67-,68-,69+,70-/m0/s1. The Morgan fingerprint density at radius 1 is 0.617 bits per heavy atom. The predicted octanol–water partition coefficient (Wildman–Crippen LogP) is 16.5. The molecule has 0 bridgehead atoms. The molecule has 0 radical (unpaired) electrons. The van der Waals surface area contributed by atoms with Gasteiger partial charge in [-0.25, -0.2) is 0 Å². The van der Waals surface area contributed by atoms with Gasteiger partial charge >= 0.3 is 0 Å². The third-order valence-corrected chi connectivity index (χ3v) is 22.7. The van der Waals surface area contributed by atoms with Crippen LogP contribution in [0.3, 0.4) is 0 Å². The molecule has 4 aliphatic heterocycles. The fourth-order valence-electron chi connectivity index (χ4n) is 12.5. The molecule has 428 valence electrons. The van der Waals surface area contributed by atoms with E-state index in [0.29, 0.717) is 57.7 Å². The lowest BCUT2D eigenvalue weighted by molar-refractivity contribution is -0.263. The van der Waals surface area contributed by atoms with Crippen LogP contribution >= 0.6 is 0 Å². The van der Waals surface area contributed by atoms with E-state index in [4.69, 9.17) is 42.3 Å². The third-order valence-electron chi connectivity index (χ3n) is 18.2. The summed E-state index contributed by atoms with van der Waals surface area (Å²) in [6, 6.07) is 55.7. The monoisotopic (exact) mass is 1110 g/mol. The van der Waals surface area contributed by atoms with Gasteiger partial charge in [-0.1, -0.05) is 174 Å². The van der Waals surface area contributed by atoms with Crippen molar-refractivity contribution in [3.63, 3.8) is 0 Å². The first kappa shape index (κ1) is 57.6. The number of hydrogen-bond acceptors (Lipinski definition) is 9. The zero-order valence-electron chi connectivity index (χ0n) is 48.9. The van der Waals surface area contributed by atoms with E-state index in [1.165, 1.54) is 37.9 Å². The van der Waals surface area contributed by atoms with Crippen molar-refractivity contribution < 1.29 is 42.3 Å². The lowest BCUT2D eigenvalue weighted by Crippen LogP contribution is -2.48. The van der Waals surface area contributed by atoms with Gasteiger partial charge in [0.1, 0.15) is 12.2 Å². The Labute approximate surface area is 482 Å². The summed E-state index contributed by atoms with van der Waals surface area (Å²) in [4.78, 5) is 0. The minimum atomic E-state index is -2.29. The lowest BCUT2D eigenvalue weighted by atomic mass is 9.90. The van der Waals surface area contributed by atoms with Crippen LogP contribution in [-0.4, -0.2) is 76.5 Å². The lowest BCUT2D eigenvalue weighted by Gasteiger charge is -2.42. The van der Waals surface area contributed by atoms with Gasteiger partial charge in [-0.05, 0) is 142 Å². The number of benzene rings is 7. The Morgan fingerprint density at radius 2 is 1.21 bits per heavy atom. The van der Waals surface area contributed by atoms with Crippen molar-refractivity contribution in [2.45, 2.75) is 185 Å². The quantitative estimate of drug-likeness (QED) is 0.0516. The molecule has 0 saturated carbocycles. The second-order valence-electron chi connectivity index (χ2n) is 25.3. The zero-order valence-corrected chi connectivity index (χ0v) is 49.9. The smallest absolute Gasteiger partial charge is 0.192 e. The van der Waals surface area contributed by atoms with E-state index < -0.39 is 14.6 Å². The van der Waals surface area contributed by atoms with Crippen molar-refractivity contribution in [2.75, 3.05) is 13.2 Å². The summed E-state index contributed by atoms with van der Waals surface area (Å²) in [6.07, 6.45) is 6.53. The maximum absolute atomic E-state index is 7.71. The van der Waals surface area contributed by atoms with Crippen molar-refractivity contribution in [1.82, 2.24) is 0 Å². The van der Waals surface area contributed by atoms with E-state index >= 15 is 0 Å². The summed E-state index contributed by atoms with van der Waals surface area (Å²) in [7, 11) is -2.29. The molecule has 4 heterocycles. The Morgan fingerprint density at radius 3 is 1.85 bits per heavy atom. The molecule has 0 spiro atoms. The summed E-state index contributed by atoms with van der Waals surface area (Å²) in [5.41, 5.74) is 4.50. The largest absolute Gasteiger partial charge is 0.490 e. The van der Waals surface area contributed by atoms with Crippen LogP contribution in [0.2, 0.25) is 18.1 Å². The maximum atomic E-state index is 7.71. The van der Waals surface area contributed by atoms with Crippen LogP contribution in [0, 0.1) is 11.8 Å². The Balaban J connectivity index is 0.845. The van der Waals surface area contributed by atoms with E-state index in [1.54, 1.807) is 0 Å². The Kier molecular flexibility index (Phi) is 18.6. The van der Waals surface area contributed by atoms with E-state index in [2.05, 4.69) is 193 Å². The molecule has 0 unspecified atom stereocenters. The summed E-state index contributed by atoms with van der Waals surface area (Å²) in [5, 5.41) is 7.34. The average Bonchev–Trinajstić information content (AvgIpc) is 3.78. The molecular formula is C71H86O9Si. The molecule has 3 saturated heterocycles. The van der Waals surface area contributed by atoms with Gasteiger partial charge < -0.3 is 42.3 Å².